The van der Waals surface area contributed by atoms with Crippen LogP contribution < -0.4 is 9.64 Å². The highest BCUT2D eigenvalue weighted by Crippen LogP contribution is 2.29. The topological polar surface area (TPSA) is 45.2 Å². The molecule has 5 nitrogen and oxygen atoms in total. The van der Waals surface area contributed by atoms with Crippen LogP contribution in [-0.4, -0.2) is 68.7 Å². The van der Waals surface area contributed by atoms with Gasteiger partial charge in [-0.15, -0.1) is 0 Å². The number of hydrogen-bond donors (Lipinski definition) is 1. The van der Waals surface area contributed by atoms with E-state index in [9.17, 15) is 5.11 Å². The highest BCUT2D eigenvalue weighted by molar-refractivity contribution is 5.58. The maximum Gasteiger partial charge on any atom is 0.142 e. The first-order valence-electron chi connectivity index (χ1n) is 9.57. The largest absolute Gasteiger partial charge is 0.495 e. The van der Waals surface area contributed by atoms with E-state index in [1.54, 1.807) is 7.11 Å². The van der Waals surface area contributed by atoms with Crippen LogP contribution in [0.15, 0.2) is 24.3 Å². The number of ether oxygens (including phenoxy) is 2. The molecule has 0 unspecified atom stereocenters. The van der Waals surface area contributed by atoms with Gasteiger partial charge in [0.1, 0.15) is 5.75 Å². The summed E-state index contributed by atoms with van der Waals surface area (Å²) in [6.45, 7) is 7.22. The van der Waals surface area contributed by atoms with Crippen molar-refractivity contribution < 1.29 is 14.6 Å². The van der Waals surface area contributed by atoms with Crippen LogP contribution in [0.5, 0.6) is 5.75 Å². The Bertz CT molecular complexity index is 531. The lowest BCUT2D eigenvalue weighted by atomic mass is 10.1. The lowest BCUT2D eigenvalue weighted by molar-refractivity contribution is -0.0321. The molecule has 3 rings (SSSR count). The van der Waals surface area contributed by atoms with E-state index in [0.29, 0.717) is 25.2 Å². The standard InChI is InChI=1S/C20H32N2O3/c1-16-6-5-9-19(16)25-15-17(23)14-21-10-12-22(13-11-21)18-7-3-4-8-20(18)24-2/h3-4,7-8,16-17,19,23H,5-6,9-15H2,1-2H3/t16-,17+,19-/m0/s1. The fraction of sp³-hybridized carbons (Fsp3) is 0.700. The van der Waals surface area contributed by atoms with Crippen molar-refractivity contribution in [2.75, 3.05) is 51.3 Å². The molecular formula is C20H32N2O3. The maximum atomic E-state index is 10.3. The summed E-state index contributed by atoms with van der Waals surface area (Å²) in [4.78, 5) is 4.69. The average Bonchev–Trinajstić information content (AvgIpc) is 3.05. The second-order valence-corrected chi connectivity index (χ2v) is 7.39. The predicted molar refractivity (Wildman–Crippen MR) is 100 cm³/mol. The van der Waals surface area contributed by atoms with Gasteiger partial charge in [-0.3, -0.25) is 4.90 Å². The molecule has 1 aliphatic carbocycles. The molecule has 0 bridgehead atoms. The van der Waals surface area contributed by atoms with Crippen molar-refractivity contribution in [3.05, 3.63) is 24.3 Å². The van der Waals surface area contributed by atoms with E-state index in [2.05, 4.69) is 28.9 Å². The Morgan fingerprint density at radius 3 is 2.60 bits per heavy atom. The molecule has 1 aromatic carbocycles. The minimum Gasteiger partial charge on any atom is -0.495 e. The Hall–Kier alpha value is -1.30. The first-order chi connectivity index (χ1) is 12.2. The van der Waals surface area contributed by atoms with Crippen LogP contribution in [-0.2, 0) is 4.74 Å². The minimum absolute atomic E-state index is 0.344. The number of aliphatic hydroxyl groups excluding tert-OH is 1. The van der Waals surface area contributed by atoms with E-state index < -0.39 is 6.10 Å². The van der Waals surface area contributed by atoms with Gasteiger partial charge in [-0.25, -0.2) is 0 Å². The Balaban J connectivity index is 1.41. The molecule has 25 heavy (non-hydrogen) atoms. The molecule has 0 aromatic heterocycles. The highest BCUT2D eigenvalue weighted by atomic mass is 16.5. The van der Waals surface area contributed by atoms with Crippen molar-refractivity contribution in [2.45, 2.75) is 38.4 Å². The number of para-hydroxylation sites is 2. The highest BCUT2D eigenvalue weighted by Gasteiger charge is 2.26. The number of anilines is 1. The van der Waals surface area contributed by atoms with Gasteiger partial charge < -0.3 is 19.5 Å². The van der Waals surface area contributed by atoms with Crippen LogP contribution in [0.25, 0.3) is 0 Å². The normalized spacial score (nSPS) is 26.0. The zero-order valence-electron chi connectivity index (χ0n) is 15.6. The molecule has 140 valence electrons. The van der Waals surface area contributed by atoms with E-state index >= 15 is 0 Å². The van der Waals surface area contributed by atoms with Gasteiger partial charge in [0.25, 0.3) is 0 Å². The lowest BCUT2D eigenvalue weighted by Gasteiger charge is -2.37. The molecule has 1 aromatic rings. The number of benzene rings is 1. The fourth-order valence-electron chi connectivity index (χ4n) is 4.01. The van der Waals surface area contributed by atoms with Crippen LogP contribution in [0, 0.1) is 5.92 Å². The summed E-state index contributed by atoms with van der Waals surface area (Å²) in [6.07, 6.45) is 3.60. The molecule has 2 fully saturated rings. The smallest absolute Gasteiger partial charge is 0.142 e. The number of piperazine rings is 1. The summed E-state index contributed by atoms with van der Waals surface area (Å²) in [5.41, 5.74) is 1.16. The maximum absolute atomic E-state index is 10.3. The fourth-order valence-corrected chi connectivity index (χ4v) is 4.01. The summed E-state index contributed by atoms with van der Waals surface area (Å²) in [6, 6.07) is 8.17. The van der Waals surface area contributed by atoms with Crippen LogP contribution in [0.3, 0.4) is 0 Å². The SMILES string of the molecule is COc1ccccc1N1CCN(C[C@@H](O)CO[C@H]2CCC[C@@H]2C)CC1. The van der Waals surface area contributed by atoms with Gasteiger partial charge >= 0.3 is 0 Å². The van der Waals surface area contributed by atoms with Gasteiger partial charge in [-0.1, -0.05) is 25.5 Å². The third-order valence-electron chi connectivity index (χ3n) is 5.55. The zero-order chi connectivity index (χ0) is 17.6. The van der Waals surface area contributed by atoms with Crippen molar-refractivity contribution in [2.24, 2.45) is 5.92 Å². The van der Waals surface area contributed by atoms with E-state index in [-0.39, 0.29) is 0 Å². The summed E-state index contributed by atoms with van der Waals surface area (Å²) in [7, 11) is 1.72. The molecule has 3 atom stereocenters. The van der Waals surface area contributed by atoms with Crippen LogP contribution in [0.1, 0.15) is 26.2 Å². The Morgan fingerprint density at radius 2 is 1.92 bits per heavy atom. The predicted octanol–water partition coefficient (Wildman–Crippen LogP) is 2.38. The van der Waals surface area contributed by atoms with Gasteiger partial charge in [0.2, 0.25) is 0 Å². The number of hydrogen-bond acceptors (Lipinski definition) is 5. The van der Waals surface area contributed by atoms with E-state index in [1.165, 1.54) is 12.8 Å². The molecular weight excluding hydrogens is 316 g/mol. The molecule has 1 saturated heterocycles. The zero-order valence-corrected chi connectivity index (χ0v) is 15.6. The van der Waals surface area contributed by atoms with Gasteiger partial charge in [-0.05, 0) is 30.9 Å². The Labute approximate surface area is 151 Å². The number of rotatable bonds is 7. The van der Waals surface area contributed by atoms with Gasteiger partial charge in [-0.2, -0.15) is 0 Å². The number of methoxy groups -OCH3 is 1. The van der Waals surface area contributed by atoms with Gasteiger partial charge in [0.15, 0.2) is 0 Å². The van der Waals surface area contributed by atoms with Crippen LogP contribution >= 0.6 is 0 Å². The summed E-state index contributed by atoms with van der Waals surface area (Å²) >= 11 is 0. The summed E-state index contributed by atoms with van der Waals surface area (Å²) in [5, 5.41) is 10.3. The third-order valence-corrected chi connectivity index (χ3v) is 5.55. The minimum atomic E-state index is -0.398. The molecule has 2 aliphatic rings. The molecule has 5 heteroatoms. The lowest BCUT2D eigenvalue weighted by Crippen LogP contribution is -2.49. The van der Waals surface area contributed by atoms with Gasteiger partial charge in [0.05, 0.1) is 31.6 Å². The molecule has 0 radical (unpaired) electrons. The van der Waals surface area contributed by atoms with Crippen LogP contribution in [0.2, 0.25) is 0 Å². The quantitative estimate of drug-likeness (QED) is 0.820. The van der Waals surface area contributed by atoms with Crippen molar-refractivity contribution in [3.63, 3.8) is 0 Å². The van der Waals surface area contributed by atoms with E-state index in [4.69, 9.17) is 9.47 Å². The number of β-amino-alcohol motifs (C(OH)–C–C–N with tert-alkyl or cyclic N) is 1. The number of nitrogens with zero attached hydrogens (tertiary/aromatic N) is 2. The molecule has 1 heterocycles. The van der Waals surface area contributed by atoms with Crippen molar-refractivity contribution >= 4 is 5.69 Å². The first kappa shape index (κ1) is 18.5. The monoisotopic (exact) mass is 348 g/mol. The number of aliphatic hydroxyl groups is 1. The average molecular weight is 348 g/mol. The van der Waals surface area contributed by atoms with E-state index in [1.807, 2.05) is 12.1 Å². The second-order valence-electron chi connectivity index (χ2n) is 7.39. The van der Waals surface area contributed by atoms with Crippen molar-refractivity contribution in [3.8, 4) is 5.75 Å². The molecule has 0 amide bonds. The van der Waals surface area contributed by atoms with Crippen LogP contribution in [0.4, 0.5) is 5.69 Å². The molecule has 0 spiro atoms. The van der Waals surface area contributed by atoms with Crippen molar-refractivity contribution in [1.82, 2.24) is 4.90 Å². The van der Waals surface area contributed by atoms with Crippen molar-refractivity contribution in [1.29, 1.82) is 0 Å². The molecule has 1 aliphatic heterocycles. The molecule has 1 N–H and O–H groups in total. The first-order valence-corrected chi connectivity index (χ1v) is 9.57. The second kappa shape index (κ2) is 8.88. The Morgan fingerprint density at radius 1 is 1.16 bits per heavy atom. The summed E-state index contributed by atoms with van der Waals surface area (Å²) < 4.78 is 11.4. The third kappa shape index (κ3) is 4.87. The Kier molecular flexibility index (Phi) is 6.57. The summed E-state index contributed by atoms with van der Waals surface area (Å²) in [5.74, 6) is 1.56. The van der Waals surface area contributed by atoms with Gasteiger partial charge in [0, 0.05) is 32.7 Å². The molecule has 1 saturated carbocycles. The van der Waals surface area contributed by atoms with E-state index in [0.717, 1.165) is 44.0 Å².